The highest BCUT2D eigenvalue weighted by atomic mass is 32.1. The molecule has 3 rings (SSSR count). The summed E-state index contributed by atoms with van der Waals surface area (Å²) in [6, 6.07) is 8.37. The van der Waals surface area contributed by atoms with Crippen LogP contribution in [0.25, 0.3) is 9.75 Å². The highest BCUT2D eigenvalue weighted by Crippen LogP contribution is 2.44. The van der Waals surface area contributed by atoms with E-state index < -0.39 is 8.07 Å². The summed E-state index contributed by atoms with van der Waals surface area (Å²) in [6.07, 6.45) is 25.8. The standard InChI is InChI=1S/C34H58S2Si/c1-6-9-12-14-15-16-17-18-19-21-24-37(27-30(22-11-8-3)23-20-13-10-7-2)31-25-28(4)35-33(31)34-32(37)26-29(5)36-34/h25-26,30H,6-24,27H2,1-5H3. The van der Waals surface area contributed by atoms with E-state index in [9.17, 15) is 0 Å². The minimum Gasteiger partial charge on any atom is -0.140 e. The smallest absolute Gasteiger partial charge is 0.122 e. The SMILES string of the molecule is CCCCCCCCCCCC[Si]1(CC(CCCC)CCCCCC)c2cc(C)sc2-c2sc(C)cc21. The fourth-order valence-electron chi connectivity index (χ4n) is 6.92. The number of thiophene rings is 2. The van der Waals surface area contributed by atoms with Gasteiger partial charge in [-0.05, 0) is 54.4 Å². The molecule has 1 aliphatic rings. The Morgan fingerprint density at radius 2 is 1.00 bits per heavy atom. The van der Waals surface area contributed by atoms with Gasteiger partial charge in [0.2, 0.25) is 0 Å². The van der Waals surface area contributed by atoms with Crippen LogP contribution in [0.15, 0.2) is 12.1 Å². The molecule has 1 atom stereocenters. The van der Waals surface area contributed by atoms with Crippen LogP contribution in [0.4, 0.5) is 0 Å². The van der Waals surface area contributed by atoms with Crippen LogP contribution < -0.4 is 10.4 Å². The summed E-state index contributed by atoms with van der Waals surface area (Å²) in [7, 11) is -1.68. The first kappa shape index (κ1) is 31.1. The van der Waals surface area contributed by atoms with E-state index in [1.165, 1.54) is 128 Å². The minimum atomic E-state index is -1.68. The zero-order valence-corrected chi connectivity index (χ0v) is 27.8. The molecule has 3 heteroatoms. The second-order valence-corrected chi connectivity index (χ2v) is 18.9. The molecule has 37 heavy (non-hydrogen) atoms. The van der Waals surface area contributed by atoms with E-state index in [-0.39, 0.29) is 0 Å². The molecule has 0 aromatic carbocycles. The lowest BCUT2D eigenvalue weighted by Crippen LogP contribution is -2.55. The van der Waals surface area contributed by atoms with Crippen molar-refractivity contribution in [1.82, 2.24) is 0 Å². The lowest BCUT2D eigenvalue weighted by atomic mass is 9.97. The van der Waals surface area contributed by atoms with E-state index in [0.717, 1.165) is 5.92 Å². The van der Waals surface area contributed by atoms with E-state index in [1.807, 2.05) is 10.4 Å². The Labute approximate surface area is 240 Å². The summed E-state index contributed by atoms with van der Waals surface area (Å²) in [4.78, 5) is 6.50. The van der Waals surface area contributed by atoms with Crippen molar-refractivity contribution in [2.24, 2.45) is 5.92 Å². The van der Waals surface area contributed by atoms with Crippen molar-refractivity contribution in [1.29, 1.82) is 0 Å². The average molecular weight is 559 g/mol. The molecule has 2 aromatic heterocycles. The van der Waals surface area contributed by atoms with Gasteiger partial charge >= 0.3 is 0 Å². The molecule has 0 aliphatic carbocycles. The third-order valence-electron chi connectivity index (χ3n) is 8.97. The van der Waals surface area contributed by atoms with Gasteiger partial charge in [-0.15, -0.1) is 22.7 Å². The van der Waals surface area contributed by atoms with Crippen molar-refractivity contribution >= 4 is 41.1 Å². The van der Waals surface area contributed by atoms with Crippen LogP contribution in [0.3, 0.4) is 0 Å². The second-order valence-electron chi connectivity index (χ2n) is 12.3. The van der Waals surface area contributed by atoms with Gasteiger partial charge < -0.3 is 0 Å². The number of hydrogen-bond acceptors (Lipinski definition) is 2. The fraction of sp³-hybridized carbons (Fsp3) is 0.765. The summed E-state index contributed by atoms with van der Waals surface area (Å²) in [6.45, 7) is 11.8. The first-order valence-corrected chi connectivity index (χ1v) is 20.3. The summed E-state index contributed by atoms with van der Waals surface area (Å²) in [5.74, 6) is 0.936. The largest absolute Gasteiger partial charge is 0.140 e. The maximum atomic E-state index is 2.67. The average Bonchev–Trinajstić information content (AvgIpc) is 3.52. The molecular weight excluding hydrogens is 501 g/mol. The van der Waals surface area contributed by atoms with E-state index in [1.54, 1.807) is 19.5 Å². The van der Waals surface area contributed by atoms with Crippen molar-refractivity contribution < 1.29 is 0 Å². The third-order valence-corrected chi connectivity index (χ3v) is 16.9. The summed E-state index contributed by atoms with van der Waals surface area (Å²) >= 11 is 4.22. The number of unbranched alkanes of at least 4 members (excludes halogenated alkanes) is 13. The van der Waals surface area contributed by atoms with Crippen LogP contribution in [0.1, 0.15) is 146 Å². The number of fused-ring (bicyclic) bond motifs is 3. The normalized spacial score (nSPS) is 14.7. The van der Waals surface area contributed by atoms with Gasteiger partial charge in [0.1, 0.15) is 8.07 Å². The van der Waals surface area contributed by atoms with Crippen molar-refractivity contribution in [3.05, 3.63) is 21.9 Å². The van der Waals surface area contributed by atoms with Crippen molar-refractivity contribution in [3.8, 4) is 9.75 Å². The number of rotatable bonds is 21. The van der Waals surface area contributed by atoms with Gasteiger partial charge in [0.15, 0.2) is 0 Å². The molecule has 0 radical (unpaired) electrons. The van der Waals surface area contributed by atoms with Crippen LogP contribution >= 0.6 is 22.7 Å². The topological polar surface area (TPSA) is 0 Å². The van der Waals surface area contributed by atoms with Crippen molar-refractivity contribution in [2.45, 2.75) is 162 Å². The predicted octanol–water partition coefficient (Wildman–Crippen LogP) is 11.7. The Kier molecular flexibility index (Phi) is 14.0. The van der Waals surface area contributed by atoms with Crippen LogP contribution in [-0.2, 0) is 0 Å². The second kappa shape index (κ2) is 16.7. The lowest BCUT2D eigenvalue weighted by Gasteiger charge is -2.33. The van der Waals surface area contributed by atoms with Crippen LogP contribution in [0, 0.1) is 19.8 Å². The first-order valence-electron chi connectivity index (χ1n) is 16.3. The van der Waals surface area contributed by atoms with Crippen molar-refractivity contribution in [3.63, 3.8) is 0 Å². The van der Waals surface area contributed by atoms with Gasteiger partial charge in [0.25, 0.3) is 0 Å². The molecular formula is C34H58S2Si. The third kappa shape index (κ3) is 8.80. The summed E-state index contributed by atoms with van der Waals surface area (Å²) in [5.41, 5.74) is 0. The Hall–Kier alpha value is -0.383. The van der Waals surface area contributed by atoms with Gasteiger partial charge in [0.05, 0.1) is 0 Å². The van der Waals surface area contributed by atoms with E-state index >= 15 is 0 Å². The minimum absolute atomic E-state index is 0.936. The molecule has 0 nitrogen and oxygen atoms in total. The summed E-state index contributed by atoms with van der Waals surface area (Å²) < 4.78 is 0. The molecule has 2 aromatic rings. The molecule has 0 fully saturated rings. The molecule has 0 spiro atoms. The van der Waals surface area contributed by atoms with Crippen LogP contribution in [0.2, 0.25) is 12.1 Å². The quantitative estimate of drug-likeness (QED) is 0.106. The Morgan fingerprint density at radius 1 is 0.568 bits per heavy atom. The van der Waals surface area contributed by atoms with Crippen LogP contribution in [-0.4, -0.2) is 8.07 Å². The Bertz CT molecular complexity index is 846. The van der Waals surface area contributed by atoms with E-state index in [0.29, 0.717) is 0 Å². The highest BCUT2D eigenvalue weighted by molar-refractivity contribution is 7.29. The van der Waals surface area contributed by atoms with Gasteiger partial charge in [-0.2, -0.15) is 0 Å². The molecule has 1 unspecified atom stereocenters. The molecule has 210 valence electrons. The van der Waals surface area contributed by atoms with Gasteiger partial charge in [0, 0.05) is 19.5 Å². The molecule has 0 bridgehead atoms. The number of aryl methyl sites for hydroxylation is 2. The number of hydrogen-bond donors (Lipinski definition) is 0. The van der Waals surface area contributed by atoms with Crippen molar-refractivity contribution in [2.75, 3.05) is 0 Å². The fourth-order valence-corrected chi connectivity index (χ4v) is 16.6. The molecule has 0 saturated heterocycles. The molecule has 0 amide bonds. The highest BCUT2D eigenvalue weighted by Gasteiger charge is 2.48. The van der Waals surface area contributed by atoms with Gasteiger partial charge in [-0.1, -0.05) is 136 Å². The molecule has 1 aliphatic heterocycles. The Balaban J connectivity index is 1.71. The maximum Gasteiger partial charge on any atom is 0.122 e. The summed E-state index contributed by atoms with van der Waals surface area (Å²) in [5, 5.41) is 3.73. The van der Waals surface area contributed by atoms with E-state index in [4.69, 9.17) is 0 Å². The molecule has 0 N–H and O–H groups in total. The van der Waals surface area contributed by atoms with Gasteiger partial charge in [-0.25, -0.2) is 0 Å². The molecule has 3 heterocycles. The van der Waals surface area contributed by atoms with Gasteiger partial charge in [-0.3, -0.25) is 0 Å². The lowest BCUT2D eigenvalue weighted by molar-refractivity contribution is 0.440. The first-order chi connectivity index (χ1) is 18.1. The van der Waals surface area contributed by atoms with Crippen LogP contribution in [0.5, 0.6) is 0 Å². The zero-order valence-electron chi connectivity index (χ0n) is 25.2. The monoisotopic (exact) mass is 558 g/mol. The zero-order chi connectivity index (χ0) is 26.5. The molecule has 0 saturated carbocycles. The predicted molar refractivity (Wildman–Crippen MR) is 175 cm³/mol. The maximum absolute atomic E-state index is 2.67. The van der Waals surface area contributed by atoms with E-state index in [2.05, 4.69) is 69.4 Å². The Morgan fingerprint density at radius 3 is 1.51 bits per heavy atom.